The zero-order chi connectivity index (χ0) is 13.1. The van der Waals surface area contributed by atoms with E-state index >= 15 is 0 Å². The van der Waals surface area contributed by atoms with Crippen molar-refractivity contribution in [2.45, 2.75) is 6.10 Å². The normalized spacial score (nSPS) is 12.3. The molecule has 0 bridgehead atoms. The average molecular weight is 267 g/mol. The van der Waals surface area contributed by atoms with E-state index in [0.717, 1.165) is 10.4 Å². The molecule has 3 rings (SSSR count). The van der Waals surface area contributed by atoms with E-state index in [2.05, 4.69) is 23.2 Å². The number of hydrogen-bond donors (Lipinski definition) is 1. The van der Waals surface area contributed by atoms with Gasteiger partial charge in [-0.15, -0.1) is 11.3 Å². The third-order valence-corrected chi connectivity index (χ3v) is 4.14. The van der Waals surface area contributed by atoms with Crippen LogP contribution < -0.4 is 0 Å². The highest BCUT2D eigenvalue weighted by Gasteiger charge is 2.13. The maximum absolute atomic E-state index is 10.3. The molecule has 2 aromatic heterocycles. The monoisotopic (exact) mass is 267 g/mol. The quantitative estimate of drug-likeness (QED) is 0.781. The van der Waals surface area contributed by atoms with Gasteiger partial charge in [0.2, 0.25) is 0 Å². The number of benzene rings is 1. The molecule has 19 heavy (non-hydrogen) atoms. The lowest BCUT2D eigenvalue weighted by molar-refractivity contribution is 0.224. The standard InChI is InChI=1S/C16H13NOS/c18-16(13-7-4-10-17-11-13)15-9-8-14(19-15)12-5-2-1-3-6-12/h1-11,16,18H. The van der Waals surface area contributed by atoms with Crippen LogP contribution in [0.3, 0.4) is 0 Å². The van der Waals surface area contributed by atoms with Gasteiger partial charge in [-0.1, -0.05) is 36.4 Å². The van der Waals surface area contributed by atoms with Gasteiger partial charge < -0.3 is 5.11 Å². The van der Waals surface area contributed by atoms with Gasteiger partial charge in [-0.2, -0.15) is 0 Å². The van der Waals surface area contributed by atoms with Crippen LogP contribution in [0, 0.1) is 0 Å². The zero-order valence-corrected chi connectivity index (χ0v) is 11.0. The first-order valence-corrected chi connectivity index (χ1v) is 6.89. The van der Waals surface area contributed by atoms with Crippen LogP contribution in [0.5, 0.6) is 0 Å². The molecule has 0 amide bonds. The van der Waals surface area contributed by atoms with Gasteiger partial charge in [0.25, 0.3) is 0 Å². The Balaban J connectivity index is 1.90. The molecule has 94 valence electrons. The minimum atomic E-state index is -0.601. The summed E-state index contributed by atoms with van der Waals surface area (Å²) in [5, 5.41) is 10.3. The fourth-order valence-electron chi connectivity index (χ4n) is 1.96. The first-order chi connectivity index (χ1) is 9.34. The van der Waals surface area contributed by atoms with Crippen LogP contribution in [0.15, 0.2) is 67.0 Å². The molecular weight excluding hydrogens is 254 g/mol. The van der Waals surface area contributed by atoms with E-state index in [0.29, 0.717) is 0 Å². The van der Waals surface area contributed by atoms with Crippen molar-refractivity contribution in [1.29, 1.82) is 0 Å². The molecule has 1 unspecified atom stereocenters. The van der Waals surface area contributed by atoms with Gasteiger partial charge in [0, 0.05) is 27.7 Å². The molecule has 1 aromatic carbocycles. The highest BCUT2D eigenvalue weighted by Crippen LogP contribution is 2.33. The number of aliphatic hydroxyl groups excluding tert-OH is 1. The molecule has 0 aliphatic carbocycles. The van der Waals surface area contributed by atoms with Gasteiger partial charge in [-0.05, 0) is 23.8 Å². The Morgan fingerprint density at radius 1 is 0.947 bits per heavy atom. The third kappa shape index (κ3) is 2.57. The van der Waals surface area contributed by atoms with Crippen LogP contribution in [-0.4, -0.2) is 10.1 Å². The topological polar surface area (TPSA) is 33.1 Å². The number of pyridine rings is 1. The van der Waals surface area contributed by atoms with E-state index in [1.165, 1.54) is 10.4 Å². The maximum atomic E-state index is 10.3. The van der Waals surface area contributed by atoms with E-state index in [1.807, 2.05) is 36.4 Å². The summed E-state index contributed by atoms with van der Waals surface area (Å²) in [6.45, 7) is 0. The van der Waals surface area contributed by atoms with Gasteiger partial charge in [0.05, 0.1) is 0 Å². The van der Waals surface area contributed by atoms with Crippen LogP contribution in [0.2, 0.25) is 0 Å². The molecule has 3 aromatic rings. The summed E-state index contributed by atoms with van der Waals surface area (Å²) in [4.78, 5) is 6.14. The molecule has 2 nitrogen and oxygen atoms in total. The number of aromatic nitrogens is 1. The van der Waals surface area contributed by atoms with Gasteiger partial charge >= 0.3 is 0 Å². The van der Waals surface area contributed by atoms with Gasteiger partial charge in [0.15, 0.2) is 0 Å². The van der Waals surface area contributed by atoms with Crippen molar-refractivity contribution in [3.05, 3.63) is 77.4 Å². The van der Waals surface area contributed by atoms with Crippen LogP contribution >= 0.6 is 11.3 Å². The van der Waals surface area contributed by atoms with Crippen molar-refractivity contribution < 1.29 is 5.11 Å². The molecular formula is C16H13NOS. The van der Waals surface area contributed by atoms with Crippen LogP contribution in [0.25, 0.3) is 10.4 Å². The first kappa shape index (κ1) is 12.1. The maximum Gasteiger partial charge on any atom is 0.115 e. The van der Waals surface area contributed by atoms with E-state index < -0.39 is 6.10 Å². The summed E-state index contributed by atoms with van der Waals surface area (Å²) < 4.78 is 0. The Kier molecular flexibility index (Phi) is 3.40. The van der Waals surface area contributed by atoms with E-state index in [-0.39, 0.29) is 0 Å². The summed E-state index contributed by atoms with van der Waals surface area (Å²) in [6, 6.07) is 17.9. The third-order valence-electron chi connectivity index (χ3n) is 2.95. The Morgan fingerprint density at radius 2 is 1.79 bits per heavy atom. The molecule has 1 atom stereocenters. The summed E-state index contributed by atoms with van der Waals surface area (Å²) in [7, 11) is 0. The second-order valence-electron chi connectivity index (χ2n) is 4.26. The van der Waals surface area contributed by atoms with Crippen molar-refractivity contribution >= 4 is 11.3 Å². The first-order valence-electron chi connectivity index (χ1n) is 6.08. The van der Waals surface area contributed by atoms with E-state index in [4.69, 9.17) is 0 Å². The van der Waals surface area contributed by atoms with Crippen LogP contribution in [0.1, 0.15) is 16.5 Å². The highest BCUT2D eigenvalue weighted by molar-refractivity contribution is 7.15. The summed E-state index contributed by atoms with van der Waals surface area (Å²) >= 11 is 1.61. The lowest BCUT2D eigenvalue weighted by Gasteiger charge is -2.07. The van der Waals surface area contributed by atoms with Crippen molar-refractivity contribution in [3.8, 4) is 10.4 Å². The average Bonchev–Trinajstić information content (AvgIpc) is 2.98. The number of rotatable bonds is 3. The fraction of sp³-hybridized carbons (Fsp3) is 0.0625. The number of nitrogens with zero attached hydrogens (tertiary/aromatic N) is 1. The molecule has 0 radical (unpaired) electrons. The number of hydrogen-bond acceptors (Lipinski definition) is 3. The summed E-state index contributed by atoms with van der Waals surface area (Å²) in [5.74, 6) is 0. The van der Waals surface area contributed by atoms with Gasteiger partial charge in [0.1, 0.15) is 6.10 Å². The van der Waals surface area contributed by atoms with Crippen molar-refractivity contribution in [2.24, 2.45) is 0 Å². The van der Waals surface area contributed by atoms with E-state index in [1.54, 1.807) is 23.7 Å². The number of aliphatic hydroxyl groups is 1. The summed E-state index contributed by atoms with van der Waals surface area (Å²) in [6.07, 6.45) is 2.81. The molecule has 0 spiro atoms. The molecule has 0 aliphatic rings. The Bertz CT molecular complexity index is 649. The SMILES string of the molecule is OC(c1cccnc1)c1ccc(-c2ccccc2)s1. The predicted octanol–water partition coefficient (Wildman–Crippen LogP) is 3.89. The molecule has 0 saturated heterocycles. The molecule has 0 aliphatic heterocycles. The van der Waals surface area contributed by atoms with E-state index in [9.17, 15) is 5.11 Å². The smallest absolute Gasteiger partial charge is 0.115 e. The van der Waals surface area contributed by atoms with Gasteiger partial charge in [-0.25, -0.2) is 0 Å². The van der Waals surface area contributed by atoms with Crippen molar-refractivity contribution in [2.75, 3.05) is 0 Å². The van der Waals surface area contributed by atoms with Gasteiger partial charge in [-0.3, -0.25) is 4.98 Å². The second-order valence-corrected chi connectivity index (χ2v) is 5.37. The Labute approximate surface area is 116 Å². The van der Waals surface area contributed by atoms with Crippen molar-refractivity contribution in [1.82, 2.24) is 4.98 Å². The Hall–Kier alpha value is -1.97. The summed E-state index contributed by atoms with van der Waals surface area (Å²) in [5.41, 5.74) is 2.00. The molecule has 3 heteroatoms. The molecule has 2 heterocycles. The fourth-order valence-corrected chi connectivity index (χ4v) is 2.99. The minimum Gasteiger partial charge on any atom is -0.383 e. The largest absolute Gasteiger partial charge is 0.383 e. The number of thiophene rings is 1. The van der Waals surface area contributed by atoms with Crippen molar-refractivity contribution in [3.63, 3.8) is 0 Å². The molecule has 0 fully saturated rings. The highest BCUT2D eigenvalue weighted by atomic mass is 32.1. The lowest BCUT2D eigenvalue weighted by Crippen LogP contribution is -1.96. The minimum absolute atomic E-state index is 0.601. The van der Waals surface area contributed by atoms with Crippen LogP contribution in [-0.2, 0) is 0 Å². The lowest BCUT2D eigenvalue weighted by atomic mass is 10.1. The second kappa shape index (κ2) is 5.34. The molecule has 0 saturated carbocycles. The zero-order valence-electron chi connectivity index (χ0n) is 10.2. The van der Waals surface area contributed by atoms with Crippen LogP contribution in [0.4, 0.5) is 0 Å². The Morgan fingerprint density at radius 3 is 2.53 bits per heavy atom. The molecule has 1 N–H and O–H groups in total. The predicted molar refractivity (Wildman–Crippen MR) is 78.1 cm³/mol.